The quantitative estimate of drug-likeness (QED) is 0.766. The number of piperidine rings is 1. The molecule has 3 heterocycles. The van der Waals surface area contributed by atoms with Gasteiger partial charge < -0.3 is 0 Å². The summed E-state index contributed by atoms with van der Waals surface area (Å²) in [4.78, 5) is 2.42. The topological polar surface area (TPSA) is 84.2 Å². The molecule has 26 heavy (non-hydrogen) atoms. The van der Waals surface area contributed by atoms with Crippen LogP contribution < -0.4 is 0 Å². The zero-order valence-electron chi connectivity index (χ0n) is 15.6. The third kappa shape index (κ3) is 4.09. The van der Waals surface area contributed by atoms with Crippen molar-refractivity contribution in [1.82, 2.24) is 29.4 Å². The Kier molecular flexibility index (Phi) is 5.29. The van der Waals surface area contributed by atoms with E-state index in [1.165, 1.54) is 19.1 Å². The molecule has 0 aromatic carbocycles. The maximum Gasteiger partial charge on any atom is 0.211 e. The van der Waals surface area contributed by atoms with E-state index in [9.17, 15) is 8.42 Å². The van der Waals surface area contributed by atoms with Gasteiger partial charge in [-0.2, -0.15) is 4.31 Å². The Morgan fingerprint density at radius 2 is 1.77 bits per heavy atom. The second kappa shape index (κ2) is 7.52. The summed E-state index contributed by atoms with van der Waals surface area (Å²) >= 11 is 0. The molecular formula is C17H30N6O2S. The smallest absolute Gasteiger partial charge is 0.211 e. The molecular weight excluding hydrogens is 352 g/mol. The van der Waals surface area contributed by atoms with Crippen molar-refractivity contribution >= 4 is 10.0 Å². The minimum atomic E-state index is -3.12. The highest BCUT2D eigenvalue weighted by Gasteiger charge is 2.36. The minimum absolute atomic E-state index is 0.187. The number of likely N-dealkylation sites (tertiary alicyclic amines) is 1. The minimum Gasteiger partial charge on any atom is -0.296 e. The second-order valence-electron chi connectivity index (χ2n) is 8.17. The molecule has 3 aliphatic rings. The first-order chi connectivity index (χ1) is 12.5. The van der Waals surface area contributed by atoms with Crippen LogP contribution in [0.4, 0.5) is 0 Å². The summed E-state index contributed by atoms with van der Waals surface area (Å²) in [5, 5.41) is 12.2. The molecule has 4 rings (SSSR count). The molecule has 0 radical (unpaired) electrons. The molecule has 0 spiro atoms. The molecule has 1 aliphatic carbocycles. The number of hydrogen-bond acceptors (Lipinski definition) is 6. The molecule has 0 unspecified atom stereocenters. The van der Waals surface area contributed by atoms with Gasteiger partial charge in [0.05, 0.1) is 18.8 Å². The SMILES string of the molecule is CS(=O)(=O)N1CCCCC[C@H]1C1CCN(Cc2nnnn2C2CC2)CC1. The van der Waals surface area contributed by atoms with Gasteiger partial charge in [-0.3, -0.25) is 4.90 Å². The number of rotatable bonds is 5. The van der Waals surface area contributed by atoms with Crippen molar-refractivity contribution in [1.29, 1.82) is 0 Å². The molecule has 8 nitrogen and oxygen atoms in total. The summed E-state index contributed by atoms with van der Waals surface area (Å²) in [5.74, 6) is 1.44. The van der Waals surface area contributed by atoms with E-state index in [4.69, 9.17) is 0 Å². The van der Waals surface area contributed by atoms with E-state index in [0.29, 0.717) is 18.5 Å². The number of tetrazole rings is 1. The summed E-state index contributed by atoms with van der Waals surface area (Å²) in [6, 6.07) is 0.693. The Morgan fingerprint density at radius 1 is 1.00 bits per heavy atom. The molecule has 2 aliphatic heterocycles. The van der Waals surface area contributed by atoms with Gasteiger partial charge in [0, 0.05) is 12.6 Å². The molecule has 3 fully saturated rings. The zero-order chi connectivity index (χ0) is 18.1. The van der Waals surface area contributed by atoms with E-state index >= 15 is 0 Å². The van der Waals surface area contributed by atoms with Crippen molar-refractivity contribution < 1.29 is 8.42 Å². The van der Waals surface area contributed by atoms with E-state index in [0.717, 1.165) is 64.0 Å². The molecule has 0 N–H and O–H groups in total. The van der Waals surface area contributed by atoms with E-state index in [1.807, 2.05) is 4.68 Å². The maximum absolute atomic E-state index is 12.3. The first kappa shape index (κ1) is 18.3. The Bertz CT molecular complexity index is 709. The monoisotopic (exact) mass is 382 g/mol. The molecule has 1 atom stereocenters. The maximum atomic E-state index is 12.3. The first-order valence-corrected chi connectivity index (χ1v) is 11.8. The normalized spacial score (nSPS) is 27.5. The Labute approximate surface area is 156 Å². The molecule has 0 bridgehead atoms. The van der Waals surface area contributed by atoms with Crippen LogP contribution in [0.25, 0.3) is 0 Å². The van der Waals surface area contributed by atoms with Gasteiger partial charge >= 0.3 is 0 Å². The van der Waals surface area contributed by atoms with Crippen LogP contribution in [0, 0.1) is 5.92 Å². The van der Waals surface area contributed by atoms with Crippen LogP contribution in [0.3, 0.4) is 0 Å². The fourth-order valence-electron chi connectivity index (χ4n) is 4.61. The lowest BCUT2D eigenvalue weighted by atomic mass is 9.87. The van der Waals surface area contributed by atoms with E-state index < -0.39 is 10.0 Å². The van der Waals surface area contributed by atoms with Crippen LogP contribution in [0.1, 0.15) is 63.2 Å². The highest BCUT2D eigenvalue weighted by Crippen LogP contribution is 2.35. The summed E-state index contributed by atoms with van der Waals surface area (Å²) in [5.41, 5.74) is 0. The van der Waals surface area contributed by atoms with E-state index in [-0.39, 0.29) is 6.04 Å². The van der Waals surface area contributed by atoms with Crippen molar-refractivity contribution in [2.24, 2.45) is 5.92 Å². The Hall–Kier alpha value is -1.06. The van der Waals surface area contributed by atoms with Gasteiger partial charge in [0.2, 0.25) is 10.0 Å². The summed E-state index contributed by atoms with van der Waals surface area (Å²) in [6.45, 7) is 3.49. The van der Waals surface area contributed by atoms with Crippen LogP contribution in [-0.4, -0.2) is 69.8 Å². The average Bonchev–Trinajstić information content (AvgIpc) is 3.39. The fraction of sp³-hybridized carbons (Fsp3) is 0.941. The van der Waals surface area contributed by atoms with Gasteiger partial charge in [0.15, 0.2) is 5.82 Å². The largest absolute Gasteiger partial charge is 0.296 e. The first-order valence-electron chi connectivity index (χ1n) is 9.98. The van der Waals surface area contributed by atoms with Gasteiger partial charge in [0.25, 0.3) is 0 Å². The number of nitrogens with zero attached hydrogens (tertiary/aromatic N) is 6. The molecule has 9 heteroatoms. The van der Waals surface area contributed by atoms with E-state index in [1.54, 1.807) is 4.31 Å². The van der Waals surface area contributed by atoms with E-state index in [2.05, 4.69) is 20.4 Å². The molecule has 1 saturated carbocycles. The van der Waals surface area contributed by atoms with Gasteiger partial charge in [-0.25, -0.2) is 13.1 Å². The van der Waals surface area contributed by atoms with Crippen molar-refractivity contribution in [2.75, 3.05) is 25.9 Å². The molecule has 1 aromatic rings. The molecule has 2 saturated heterocycles. The van der Waals surface area contributed by atoms with Crippen molar-refractivity contribution in [3.63, 3.8) is 0 Å². The predicted molar refractivity (Wildman–Crippen MR) is 97.9 cm³/mol. The second-order valence-corrected chi connectivity index (χ2v) is 10.1. The Morgan fingerprint density at radius 3 is 2.46 bits per heavy atom. The van der Waals surface area contributed by atoms with Gasteiger partial charge in [-0.15, -0.1) is 5.10 Å². The highest BCUT2D eigenvalue weighted by molar-refractivity contribution is 7.88. The molecule has 1 aromatic heterocycles. The summed E-state index contributed by atoms with van der Waals surface area (Å²) < 4.78 is 28.3. The average molecular weight is 383 g/mol. The number of hydrogen-bond donors (Lipinski definition) is 0. The van der Waals surface area contributed by atoms with Gasteiger partial charge in [-0.05, 0) is 68.0 Å². The van der Waals surface area contributed by atoms with Crippen LogP contribution in [0.15, 0.2) is 0 Å². The van der Waals surface area contributed by atoms with Crippen LogP contribution in [-0.2, 0) is 16.6 Å². The third-order valence-electron chi connectivity index (χ3n) is 6.17. The highest BCUT2D eigenvalue weighted by atomic mass is 32.2. The molecule has 146 valence electrons. The lowest BCUT2D eigenvalue weighted by Crippen LogP contribution is -2.47. The van der Waals surface area contributed by atoms with Crippen LogP contribution >= 0.6 is 0 Å². The summed E-state index contributed by atoms with van der Waals surface area (Å²) in [6.07, 6.45) is 10.1. The Balaban J connectivity index is 1.37. The molecule has 0 amide bonds. The summed E-state index contributed by atoms with van der Waals surface area (Å²) in [7, 11) is -3.12. The van der Waals surface area contributed by atoms with Crippen molar-refractivity contribution in [2.45, 2.75) is 70.0 Å². The number of aromatic nitrogens is 4. The van der Waals surface area contributed by atoms with Gasteiger partial charge in [-0.1, -0.05) is 12.8 Å². The third-order valence-corrected chi connectivity index (χ3v) is 7.47. The van der Waals surface area contributed by atoms with Crippen LogP contribution in [0.2, 0.25) is 0 Å². The van der Waals surface area contributed by atoms with Gasteiger partial charge in [0.1, 0.15) is 0 Å². The number of sulfonamides is 1. The van der Waals surface area contributed by atoms with Crippen LogP contribution in [0.5, 0.6) is 0 Å². The lowest BCUT2D eigenvalue weighted by molar-refractivity contribution is 0.121. The lowest BCUT2D eigenvalue weighted by Gasteiger charge is -2.39. The standard InChI is InChI=1S/C17H30N6O2S/c1-26(24,25)22-10-4-2-3-5-16(22)14-8-11-21(12-9-14)13-17-18-19-20-23(17)15-6-7-15/h14-16H,2-13H2,1H3/t16-/m0/s1. The zero-order valence-corrected chi connectivity index (χ0v) is 16.4. The predicted octanol–water partition coefficient (Wildman–Crippen LogP) is 1.42. The van der Waals surface area contributed by atoms with Crippen molar-refractivity contribution in [3.05, 3.63) is 5.82 Å². The fourth-order valence-corrected chi connectivity index (χ4v) is 5.84. The van der Waals surface area contributed by atoms with Crippen molar-refractivity contribution in [3.8, 4) is 0 Å².